The normalized spacial score (nSPS) is 12.0. The molecule has 0 aliphatic rings. The summed E-state index contributed by atoms with van der Waals surface area (Å²) in [6, 6.07) is 8.78. The van der Waals surface area contributed by atoms with E-state index in [2.05, 4.69) is 10.3 Å². The quantitative estimate of drug-likeness (QED) is 0.688. The highest BCUT2D eigenvalue weighted by Crippen LogP contribution is 2.24. The second-order valence-electron chi connectivity index (χ2n) is 6.08. The van der Waals surface area contributed by atoms with Crippen molar-refractivity contribution in [2.24, 2.45) is 0 Å². The third kappa shape index (κ3) is 4.75. The van der Waals surface area contributed by atoms with E-state index in [1.54, 1.807) is 19.1 Å². The van der Waals surface area contributed by atoms with E-state index in [4.69, 9.17) is 4.42 Å². The molecule has 0 aliphatic heterocycles. The van der Waals surface area contributed by atoms with Gasteiger partial charge in [-0.05, 0) is 36.8 Å². The number of aromatic nitrogens is 1. The predicted octanol–water partition coefficient (Wildman–Crippen LogP) is 4.57. The fraction of sp³-hybridized carbons (Fsp3) is 0.200. The van der Waals surface area contributed by atoms with Gasteiger partial charge in [-0.1, -0.05) is 12.1 Å². The lowest BCUT2D eigenvalue weighted by Gasteiger charge is -2.14. The molecule has 0 spiro atoms. The van der Waals surface area contributed by atoms with Crippen molar-refractivity contribution in [1.82, 2.24) is 10.3 Å². The number of rotatable bonds is 6. The van der Waals surface area contributed by atoms with Gasteiger partial charge in [0.1, 0.15) is 17.5 Å². The van der Waals surface area contributed by atoms with E-state index in [0.717, 1.165) is 17.7 Å². The summed E-state index contributed by atoms with van der Waals surface area (Å²) in [5.41, 5.74) is 0.888. The molecule has 4 nitrogen and oxygen atoms in total. The van der Waals surface area contributed by atoms with E-state index < -0.39 is 11.6 Å². The summed E-state index contributed by atoms with van der Waals surface area (Å²) in [5.74, 6) is -1.54. The molecule has 3 aromatic rings. The van der Waals surface area contributed by atoms with Gasteiger partial charge in [-0.3, -0.25) is 4.79 Å². The number of aryl methyl sites for hydroxylation is 1. The van der Waals surface area contributed by atoms with Crippen LogP contribution in [-0.2, 0) is 11.2 Å². The molecule has 0 bridgehead atoms. The first kappa shape index (κ1) is 18.7. The van der Waals surface area contributed by atoms with Crippen molar-refractivity contribution >= 4 is 5.91 Å². The Morgan fingerprint density at radius 3 is 2.52 bits per heavy atom. The third-order valence-electron chi connectivity index (χ3n) is 4.06. The van der Waals surface area contributed by atoms with Crippen molar-refractivity contribution in [3.63, 3.8) is 0 Å². The van der Waals surface area contributed by atoms with Crippen LogP contribution in [0.1, 0.15) is 30.8 Å². The minimum atomic E-state index is -0.747. The molecule has 3 rings (SSSR count). The number of halogens is 3. The maximum absolute atomic E-state index is 13.8. The number of amides is 1. The van der Waals surface area contributed by atoms with Crippen LogP contribution in [0.4, 0.5) is 13.2 Å². The van der Waals surface area contributed by atoms with E-state index in [0.29, 0.717) is 0 Å². The number of nitrogens with one attached hydrogen (secondary N) is 1. The van der Waals surface area contributed by atoms with E-state index in [9.17, 15) is 18.0 Å². The molecule has 2 aromatic carbocycles. The highest BCUT2D eigenvalue weighted by Gasteiger charge is 2.14. The predicted molar refractivity (Wildman–Crippen MR) is 93.1 cm³/mol. The van der Waals surface area contributed by atoms with Crippen molar-refractivity contribution in [1.29, 1.82) is 0 Å². The lowest BCUT2D eigenvalue weighted by Crippen LogP contribution is -2.26. The zero-order valence-electron chi connectivity index (χ0n) is 14.5. The molecule has 1 N–H and O–H groups in total. The molecule has 0 radical (unpaired) electrons. The Hall–Kier alpha value is -3.09. The van der Waals surface area contributed by atoms with Crippen molar-refractivity contribution in [3.8, 4) is 11.3 Å². The van der Waals surface area contributed by atoms with Crippen molar-refractivity contribution in [2.45, 2.75) is 25.8 Å². The van der Waals surface area contributed by atoms with Gasteiger partial charge in [0.15, 0.2) is 11.7 Å². The molecule has 140 valence electrons. The van der Waals surface area contributed by atoms with Gasteiger partial charge in [0, 0.05) is 18.9 Å². The molecule has 1 amide bonds. The van der Waals surface area contributed by atoms with Crippen LogP contribution in [-0.4, -0.2) is 10.9 Å². The standard InChI is InChI=1S/C20H17F3N2O2/c1-12(13-2-4-14(21)5-3-13)25-19(26)8-9-20-24-11-18(27-20)16-7-6-15(22)10-17(16)23/h2-7,10-12H,8-9H2,1H3,(H,25,26). The summed E-state index contributed by atoms with van der Waals surface area (Å²) >= 11 is 0. The monoisotopic (exact) mass is 374 g/mol. The van der Waals surface area contributed by atoms with Gasteiger partial charge in [0.2, 0.25) is 5.91 Å². The Bertz CT molecular complexity index is 939. The number of carbonyl (C=O) groups excluding carboxylic acids is 1. The van der Waals surface area contributed by atoms with Gasteiger partial charge in [0.25, 0.3) is 0 Å². The lowest BCUT2D eigenvalue weighted by atomic mass is 10.1. The average molecular weight is 374 g/mol. The van der Waals surface area contributed by atoms with Gasteiger partial charge in [-0.15, -0.1) is 0 Å². The molecular formula is C20H17F3N2O2. The van der Waals surface area contributed by atoms with Crippen molar-refractivity contribution in [2.75, 3.05) is 0 Å². The SMILES string of the molecule is CC(NC(=O)CCc1ncc(-c2ccc(F)cc2F)o1)c1ccc(F)cc1. The molecular weight excluding hydrogens is 357 g/mol. The highest BCUT2D eigenvalue weighted by atomic mass is 19.1. The Morgan fingerprint density at radius 2 is 1.81 bits per heavy atom. The molecule has 0 saturated carbocycles. The third-order valence-corrected chi connectivity index (χ3v) is 4.06. The molecule has 1 heterocycles. The number of hydrogen-bond acceptors (Lipinski definition) is 3. The Balaban J connectivity index is 1.56. The first-order chi connectivity index (χ1) is 12.9. The average Bonchev–Trinajstić information content (AvgIpc) is 3.09. The van der Waals surface area contributed by atoms with E-state index in [-0.39, 0.29) is 47.8 Å². The summed E-state index contributed by atoms with van der Waals surface area (Å²) in [7, 11) is 0. The number of oxazole rings is 1. The second kappa shape index (κ2) is 8.07. The zero-order chi connectivity index (χ0) is 19.4. The van der Waals surface area contributed by atoms with E-state index in [1.165, 1.54) is 24.4 Å². The molecule has 0 aliphatic carbocycles. The molecule has 7 heteroatoms. The fourth-order valence-corrected chi connectivity index (χ4v) is 2.61. The van der Waals surface area contributed by atoms with Crippen LogP contribution in [0.5, 0.6) is 0 Å². The Morgan fingerprint density at radius 1 is 1.11 bits per heavy atom. The number of carbonyl (C=O) groups is 1. The minimum absolute atomic E-state index is 0.101. The molecule has 0 saturated heterocycles. The van der Waals surface area contributed by atoms with E-state index in [1.807, 2.05) is 0 Å². The van der Waals surface area contributed by atoms with Crippen LogP contribution in [0, 0.1) is 17.5 Å². The fourth-order valence-electron chi connectivity index (χ4n) is 2.61. The van der Waals surface area contributed by atoms with Crippen molar-refractivity contribution in [3.05, 3.63) is 77.6 Å². The largest absolute Gasteiger partial charge is 0.441 e. The minimum Gasteiger partial charge on any atom is -0.441 e. The smallest absolute Gasteiger partial charge is 0.220 e. The second-order valence-corrected chi connectivity index (χ2v) is 6.08. The van der Waals surface area contributed by atoms with Crippen LogP contribution < -0.4 is 5.32 Å². The van der Waals surface area contributed by atoms with Crippen LogP contribution >= 0.6 is 0 Å². The molecule has 1 aromatic heterocycles. The topological polar surface area (TPSA) is 55.1 Å². The van der Waals surface area contributed by atoms with Crippen LogP contribution in [0.3, 0.4) is 0 Å². The zero-order valence-corrected chi connectivity index (χ0v) is 14.5. The number of benzene rings is 2. The molecule has 27 heavy (non-hydrogen) atoms. The molecule has 1 atom stereocenters. The summed E-state index contributed by atoms with van der Waals surface area (Å²) in [4.78, 5) is 16.1. The number of hydrogen-bond donors (Lipinski definition) is 1. The van der Waals surface area contributed by atoms with Crippen LogP contribution in [0.2, 0.25) is 0 Å². The summed E-state index contributed by atoms with van der Waals surface area (Å²) in [6.45, 7) is 1.80. The maximum atomic E-state index is 13.8. The summed E-state index contributed by atoms with van der Waals surface area (Å²) in [5, 5.41) is 2.81. The highest BCUT2D eigenvalue weighted by molar-refractivity contribution is 5.76. The Kier molecular flexibility index (Phi) is 5.59. The molecule has 1 unspecified atom stereocenters. The van der Waals surface area contributed by atoms with Crippen LogP contribution in [0.15, 0.2) is 53.1 Å². The Labute approximate surface area is 154 Å². The summed E-state index contributed by atoms with van der Waals surface area (Å²) in [6.07, 6.45) is 1.69. The van der Waals surface area contributed by atoms with Crippen LogP contribution in [0.25, 0.3) is 11.3 Å². The first-order valence-electron chi connectivity index (χ1n) is 8.37. The lowest BCUT2D eigenvalue weighted by molar-refractivity contribution is -0.121. The van der Waals surface area contributed by atoms with Crippen molar-refractivity contribution < 1.29 is 22.4 Å². The molecule has 0 fully saturated rings. The van der Waals surface area contributed by atoms with Gasteiger partial charge in [0.05, 0.1) is 17.8 Å². The van der Waals surface area contributed by atoms with Gasteiger partial charge >= 0.3 is 0 Å². The maximum Gasteiger partial charge on any atom is 0.220 e. The number of nitrogens with zero attached hydrogens (tertiary/aromatic N) is 1. The van der Waals surface area contributed by atoms with E-state index >= 15 is 0 Å². The summed E-state index contributed by atoms with van der Waals surface area (Å²) < 4.78 is 45.1. The van der Waals surface area contributed by atoms with Gasteiger partial charge in [-0.2, -0.15) is 0 Å². The van der Waals surface area contributed by atoms with Gasteiger partial charge in [-0.25, -0.2) is 18.2 Å². The first-order valence-corrected chi connectivity index (χ1v) is 8.37. The van der Waals surface area contributed by atoms with Gasteiger partial charge < -0.3 is 9.73 Å².